The minimum absolute atomic E-state index is 1.67. The number of hydrogen-bond donors (Lipinski definition) is 0. The van der Waals surface area contributed by atoms with Crippen LogP contribution in [-0.2, 0) is 0 Å². The van der Waals surface area contributed by atoms with Gasteiger partial charge in [-0.15, -0.1) is 4.39 Å². The van der Waals surface area contributed by atoms with E-state index in [9.17, 15) is 13.2 Å². The van der Waals surface area contributed by atoms with Gasteiger partial charge in [-0.25, -0.2) is 0 Å². The van der Waals surface area contributed by atoms with Crippen molar-refractivity contribution in [3.63, 3.8) is 0 Å². The van der Waals surface area contributed by atoms with E-state index in [0.717, 1.165) is 0 Å². The van der Waals surface area contributed by atoms with Gasteiger partial charge in [0.25, 0.3) is 0 Å². The zero-order valence-electron chi connectivity index (χ0n) is 3.18. The number of nitrogens with zero attached hydrogens (tertiary/aromatic N) is 2. The van der Waals surface area contributed by atoms with Gasteiger partial charge >= 0.3 is 12.7 Å². The molecule has 0 aliphatic rings. The molecule has 0 aromatic carbocycles. The van der Waals surface area contributed by atoms with E-state index in [0.29, 0.717) is 0 Å². The van der Waals surface area contributed by atoms with Crippen LogP contribution in [0.25, 0.3) is 4.98 Å². The van der Waals surface area contributed by atoms with Crippen molar-refractivity contribution in [2.24, 2.45) is 0 Å². The molecule has 5 heteroatoms. The second-order valence-electron chi connectivity index (χ2n) is 0.823. The van der Waals surface area contributed by atoms with Crippen LogP contribution >= 0.6 is 0 Å². The molecule has 0 bridgehead atoms. The van der Waals surface area contributed by atoms with Crippen LogP contribution in [0.4, 0.5) is 13.2 Å². The molecule has 0 N–H and O–H groups in total. The second-order valence-corrected chi connectivity index (χ2v) is 0.823. The molecule has 1 atom stereocenters. The Balaban J connectivity index is 3.40. The Hall–Kier alpha value is -0.790. The first-order valence-electron chi connectivity index (χ1n) is 1.45. The fourth-order valence-electron chi connectivity index (χ4n) is 0.0504. The van der Waals surface area contributed by atoms with Crippen molar-refractivity contribution in [3.05, 3.63) is 4.98 Å². The number of halogens is 3. The normalized spacial score (nSPS) is 13.6. The summed E-state index contributed by atoms with van der Waals surface area (Å²) in [7, 11) is 0. The molecule has 0 radical (unpaired) electrons. The molecule has 0 spiro atoms. The van der Waals surface area contributed by atoms with Crippen LogP contribution in [0.5, 0.6) is 0 Å². The molecule has 7 heavy (non-hydrogen) atoms. The van der Waals surface area contributed by atoms with E-state index < -0.39 is 12.7 Å². The Morgan fingerprint density at radius 1 is 1.29 bits per heavy atom. The molecule has 1 unspecified atom stereocenters. The molecule has 0 aromatic rings. The highest BCUT2D eigenvalue weighted by molar-refractivity contribution is 4.63. The Bertz CT molecular complexity index is 85.4. The van der Waals surface area contributed by atoms with Crippen LogP contribution in [0.15, 0.2) is 0 Å². The Morgan fingerprint density at radius 3 is 1.71 bits per heavy atom. The van der Waals surface area contributed by atoms with Crippen molar-refractivity contribution in [1.82, 2.24) is 0 Å². The van der Waals surface area contributed by atoms with E-state index in [-0.39, 0.29) is 0 Å². The predicted molar refractivity (Wildman–Crippen MR) is 16.0 cm³/mol. The van der Waals surface area contributed by atoms with Gasteiger partial charge in [-0.05, 0) is 0 Å². The lowest BCUT2D eigenvalue weighted by Gasteiger charge is -1.79. The van der Waals surface area contributed by atoms with Gasteiger partial charge in [0.05, 0.1) is 0 Å². The summed E-state index contributed by atoms with van der Waals surface area (Å²) in [5.74, 6) is 0. The highest BCUT2D eigenvalue weighted by Gasteiger charge is 2.30. The van der Waals surface area contributed by atoms with E-state index in [4.69, 9.17) is 5.39 Å². The second kappa shape index (κ2) is 2.39. The summed E-state index contributed by atoms with van der Waals surface area (Å²) < 4.78 is 32.7. The Morgan fingerprint density at radius 2 is 1.71 bits per heavy atom. The summed E-state index contributed by atoms with van der Waals surface area (Å²) >= 11 is 0. The first kappa shape index (κ1) is 6.21. The lowest BCUT2D eigenvalue weighted by Crippen LogP contribution is -2.04. The third kappa shape index (κ3) is 1.98. The minimum atomic E-state index is -3.22. The highest BCUT2D eigenvalue weighted by atomic mass is 19.3. The van der Waals surface area contributed by atoms with E-state index in [1.54, 1.807) is 4.98 Å². The molecule has 0 rings (SSSR count). The largest absolute Gasteiger partial charge is 0.511 e. The minimum Gasteiger partial charge on any atom is -0.197 e. The first-order chi connectivity index (χ1) is 3.18. The Labute approximate surface area is 37.6 Å². The summed E-state index contributed by atoms with van der Waals surface area (Å²) in [5, 5.41) is 7.28. The molecule has 2 nitrogen and oxygen atoms in total. The fraction of sp³-hybridized carbons (Fsp3) is 1.00. The Kier molecular flexibility index (Phi) is 2.12. The van der Waals surface area contributed by atoms with Crippen molar-refractivity contribution in [2.45, 2.75) is 12.7 Å². The van der Waals surface area contributed by atoms with Gasteiger partial charge in [-0.1, -0.05) is 0 Å². The van der Waals surface area contributed by atoms with Crippen molar-refractivity contribution in [3.8, 4) is 0 Å². The van der Waals surface area contributed by atoms with E-state index in [2.05, 4.69) is 0 Å². The topological polar surface area (TPSA) is 28.1 Å². The predicted octanol–water partition coefficient (Wildman–Crippen LogP) is 1.40. The van der Waals surface area contributed by atoms with Crippen LogP contribution in [-0.4, -0.2) is 12.7 Å². The smallest absolute Gasteiger partial charge is 0.197 e. The molecule has 0 fully saturated rings. The van der Waals surface area contributed by atoms with Gasteiger partial charge in [0.2, 0.25) is 5.39 Å². The summed E-state index contributed by atoms with van der Waals surface area (Å²) in [6.45, 7) is 0. The maximum atomic E-state index is 11.1. The lowest BCUT2D eigenvalue weighted by molar-refractivity contribution is 0.0725. The van der Waals surface area contributed by atoms with Gasteiger partial charge in [-0.3, -0.25) is 0 Å². The number of rotatable bonds is 1. The van der Waals surface area contributed by atoms with Crippen molar-refractivity contribution in [2.75, 3.05) is 0 Å². The van der Waals surface area contributed by atoms with Gasteiger partial charge in [-0.2, -0.15) is 8.78 Å². The van der Waals surface area contributed by atoms with E-state index >= 15 is 0 Å². The molecular weight excluding hydrogens is 109 g/mol. The summed E-state index contributed by atoms with van der Waals surface area (Å²) in [6.07, 6.45) is -5.97. The van der Waals surface area contributed by atoms with Crippen molar-refractivity contribution >= 4 is 0 Å². The van der Waals surface area contributed by atoms with Crippen LogP contribution in [0.1, 0.15) is 0 Å². The van der Waals surface area contributed by atoms with Gasteiger partial charge in [0.1, 0.15) is 0 Å². The summed E-state index contributed by atoms with van der Waals surface area (Å²) in [6, 6.07) is 0. The average Bonchev–Trinajstić information content (AvgIpc) is 1.65. The summed E-state index contributed by atoms with van der Waals surface area (Å²) in [5.41, 5.74) is 0. The highest BCUT2D eigenvalue weighted by Crippen LogP contribution is 2.04. The summed E-state index contributed by atoms with van der Waals surface area (Å²) in [4.78, 5) is 1.67. The monoisotopic (exact) mass is 111 g/mol. The van der Waals surface area contributed by atoms with E-state index in [1.165, 1.54) is 0 Å². The lowest BCUT2D eigenvalue weighted by atomic mass is 10.7. The van der Waals surface area contributed by atoms with Crippen LogP contribution in [0.3, 0.4) is 0 Å². The molecule has 0 aliphatic carbocycles. The maximum absolute atomic E-state index is 11.1. The van der Waals surface area contributed by atoms with Gasteiger partial charge < -0.3 is 0 Å². The van der Waals surface area contributed by atoms with Gasteiger partial charge in [0.15, 0.2) is 4.98 Å². The SMILES string of the molecule is N#[N+]C(F)C(F)F. The number of hydrogen-bond acceptors (Lipinski definition) is 1. The molecule has 0 aliphatic heterocycles. The molecule has 0 saturated heterocycles. The van der Waals surface area contributed by atoms with Crippen molar-refractivity contribution in [1.29, 1.82) is 5.39 Å². The first-order valence-corrected chi connectivity index (χ1v) is 1.45. The zero-order valence-corrected chi connectivity index (χ0v) is 3.18. The third-order valence-corrected chi connectivity index (χ3v) is 0.318. The van der Waals surface area contributed by atoms with E-state index in [1.807, 2.05) is 0 Å². The fourth-order valence-corrected chi connectivity index (χ4v) is 0.0504. The molecule has 0 amide bonds. The standard InChI is InChI=1S/C2H2F3N2/c3-1(4)2(5)7-6/h1-2H/q+1. The molecule has 0 saturated carbocycles. The molecule has 0 heterocycles. The zero-order chi connectivity index (χ0) is 5.86. The van der Waals surface area contributed by atoms with Crippen LogP contribution < -0.4 is 0 Å². The molecular formula is C2H2F3N2+. The maximum Gasteiger partial charge on any atom is 0.511 e. The van der Waals surface area contributed by atoms with Gasteiger partial charge in [0, 0.05) is 0 Å². The number of alkyl halides is 3. The van der Waals surface area contributed by atoms with Crippen molar-refractivity contribution < 1.29 is 13.2 Å². The molecule has 40 valence electrons. The quantitative estimate of drug-likeness (QED) is 0.371. The average molecular weight is 111 g/mol. The van der Waals surface area contributed by atoms with Crippen LogP contribution in [0.2, 0.25) is 0 Å². The third-order valence-electron chi connectivity index (χ3n) is 0.318. The van der Waals surface area contributed by atoms with Crippen LogP contribution in [0, 0.1) is 5.39 Å². The number of diazo groups is 1. The molecule has 0 aromatic heterocycles.